The number of carboxylic acid groups (broad SMARTS) is 1. The summed E-state index contributed by atoms with van der Waals surface area (Å²) in [6, 6.07) is 12.2. The van der Waals surface area contributed by atoms with Crippen LogP contribution in [0, 0.1) is 22.7 Å². The second kappa shape index (κ2) is 30.7. The topological polar surface area (TPSA) is 298 Å². The summed E-state index contributed by atoms with van der Waals surface area (Å²) in [5.74, 6) is -4.10. The van der Waals surface area contributed by atoms with Crippen molar-refractivity contribution in [1.29, 1.82) is 5.26 Å². The molecule has 424 valence electrons. The van der Waals surface area contributed by atoms with Gasteiger partial charge in [0.25, 0.3) is 11.8 Å². The Morgan fingerprint density at radius 1 is 0.649 bits per heavy atom. The molecule has 4 amide bonds. The van der Waals surface area contributed by atoms with Gasteiger partial charge in [-0.15, -0.1) is 0 Å². The SMILES string of the molecule is CC#N.CC(C)(C)N(C(=O)c1cccc(S(=O)(=O)CC(N)=O)c1)C(C)(C)C.CC(C)(C)OC(=O)N[C@@H](C(=O)O)C(C)(C)C.CC(C)C.CO.COC(=O)CS(=O)(=O)c1cccc(C(=O)N(C(C)(C)C)C(C)(C)C)c1. The molecule has 5 N–H and O–H groups in total. The van der Waals surface area contributed by atoms with Crippen molar-refractivity contribution in [2.75, 3.05) is 25.7 Å². The third-order valence-electron chi connectivity index (χ3n) is 8.61. The van der Waals surface area contributed by atoms with Crippen molar-refractivity contribution >= 4 is 55.4 Å². The number of esters is 1. The molecule has 74 heavy (non-hydrogen) atoms. The van der Waals surface area contributed by atoms with Gasteiger partial charge in [0, 0.05) is 47.3 Å². The average molecular weight is 1090 g/mol. The van der Waals surface area contributed by atoms with Crippen LogP contribution in [0.25, 0.3) is 0 Å². The van der Waals surface area contributed by atoms with E-state index in [1.54, 1.807) is 69.5 Å². The first-order valence-electron chi connectivity index (χ1n) is 23.6. The highest BCUT2D eigenvalue weighted by Gasteiger charge is 2.38. The number of primary amides is 1. The quantitative estimate of drug-likeness (QED) is 0.162. The second-order valence-electron chi connectivity index (χ2n) is 23.3. The van der Waals surface area contributed by atoms with E-state index in [4.69, 9.17) is 25.9 Å². The van der Waals surface area contributed by atoms with E-state index >= 15 is 0 Å². The summed E-state index contributed by atoms with van der Waals surface area (Å²) in [6.45, 7) is 41.4. The number of sulfone groups is 2. The van der Waals surface area contributed by atoms with E-state index in [-0.39, 0.29) is 32.7 Å². The van der Waals surface area contributed by atoms with Crippen LogP contribution < -0.4 is 11.1 Å². The van der Waals surface area contributed by atoms with Crippen LogP contribution in [0.15, 0.2) is 58.3 Å². The molecular formula is C53H91N5O14S2. The van der Waals surface area contributed by atoms with Crippen LogP contribution >= 0.6 is 0 Å². The molecule has 0 fully saturated rings. The monoisotopic (exact) mass is 1090 g/mol. The number of ether oxygens (including phenoxy) is 2. The number of amides is 4. The number of nitrogens with zero attached hydrogens (tertiary/aromatic N) is 3. The number of carboxylic acids is 1. The molecule has 0 unspecified atom stereocenters. The van der Waals surface area contributed by atoms with Gasteiger partial charge >= 0.3 is 18.0 Å². The number of methoxy groups -OCH3 is 1. The van der Waals surface area contributed by atoms with Crippen LogP contribution in [0.3, 0.4) is 0 Å². The predicted octanol–water partition coefficient (Wildman–Crippen LogP) is 8.47. The first-order valence-corrected chi connectivity index (χ1v) is 26.9. The van der Waals surface area contributed by atoms with Gasteiger partial charge in [-0.05, 0) is 152 Å². The highest BCUT2D eigenvalue weighted by molar-refractivity contribution is 7.92. The molecule has 21 heteroatoms. The van der Waals surface area contributed by atoms with Gasteiger partial charge < -0.3 is 40.5 Å². The number of aliphatic carboxylic acids is 1. The smallest absolute Gasteiger partial charge is 0.408 e. The van der Waals surface area contributed by atoms with E-state index in [2.05, 4.69) is 30.8 Å². The normalized spacial score (nSPS) is 12.1. The number of carbonyl (C=O) groups is 6. The number of nitrogens with one attached hydrogen (secondary N) is 1. The number of nitriles is 1. The molecule has 0 bridgehead atoms. The predicted molar refractivity (Wildman–Crippen MR) is 290 cm³/mol. The summed E-state index contributed by atoms with van der Waals surface area (Å²) in [6.07, 6.45) is -0.713. The highest BCUT2D eigenvalue weighted by Crippen LogP contribution is 2.30. The number of carbonyl (C=O) groups excluding carboxylic acids is 5. The van der Waals surface area contributed by atoms with Crippen LogP contribution in [0.1, 0.15) is 173 Å². The van der Waals surface area contributed by atoms with Crippen molar-refractivity contribution in [2.45, 2.75) is 196 Å². The maximum Gasteiger partial charge on any atom is 0.408 e. The summed E-state index contributed by atoms with van der Waals surface area (Å²) in [4.78, 5) is 73.9. The maximum absolute atomic E-state index is 13.0. The van der Waals surface area contributed by atoms with E-state index in [1.165, 1.54) is 43.3 Å². The molecule has 0 saturated carbocycles. The van der Waals surface area contributed by atoms with Crippen molar-refractivity contribution in [3.63, 3.8) is 0 Å². The van der Waals surface area contributed by atoms with Gasteiger partial charge in [0.15, 0.2) is 25.4 Å². The Morgan fingerprint density at radius 3 is 1.18 bits per heavy atom. The van der Waals surface area contributed by atoms with Crippen LogP contribution in [0.5, 0.6) is 0 Å². The molecule has 0 aliphatic heterocycles. The van der Waals surface area contributed by atoms with Crippen molar-refractivity contribution in [1.82, 2.24) is 15.1 Å². The third-order valence-corrected chi connectivity index (χ3v) is 11.8. The van der Waals surface area contributed by atoms with E-state index < -0.39 is 94.3 Å². The Balaban J connectivity index is -0.000000467. The Bertz CT molecular complexity index is 2370. The fourth-order valence-electron chi connectivity index (χ4n) is 6.78. The fraction of sp³-hybridized carbons (Fsp3) is 0.642. The van der Waals surface area contributed by atoms with Crippen molar-refractivity contribution in [3.8, 4) is 6.07 Å². The number of alkyl carbamates (subject to hydrolysis) is 1. The summed E-state index contributed by atoms with van der Waals surface area (Å²) < 4.78 is 58.4. The number of aliphatic hydroxyl groups is 1. The van der Waals surface area contributed by atoms with Crippen molar-refractivity contribution < 1.29 is 65.3 Å². The van der Waals surface area contributed by atoms with Gasteiger partial charge in [-0.2, -0.15) is 5.26 Å². The largest absolute Gasteiger partial charge is 0.480 e. The molecule has 19 nitrogen and oxygen atoms in total. The zero-order valence-electron chi connectivity index (χ0n) is 48.7. The minimum atomic E-state index is -3.87. The highest BCUT2D eigenvalue weighted by atomic mass is 32.2. The summed E-state index contributed by atoms with van der Waals surface area (Å²) in [7, 11) is -5.60. The summed E-state index contributed by atoms with van der Waals surface area (Å²) in [5.41, 5.74) is 2.51. The van der Waals surface area contributed by atoms with Crippen LogP contribution in [-0.2, 0) is 43.5 Å². The first-order chi connectivity index (χ1) is 32.9. The molecule has 2 aromatic rings. The zero-order valence-corrected chi connectivity index (χ0v) is 50.3. The lowest BCUT2D eigenvalue weighted by molar-refractivity contribution is -0.142. The van der Waals surface area contributed by atoms with Crippen LogP contribution in [-0.4, -0.2) is 132 Å². The number of hydrogen-bond acceptors (Lipinski definition) is 14. The maximum atomic E-state index is 13.0. The Labute approximate surface area is 443 Å². The average Bonchev–Trinajstić information content (AvgIpc) is 3.17. The van der Waals surface area contributed by atoms with Gasteiger partial charge in [0.05, 0.1) is 23.0 Å². The van der Waals surface area contributed by atoms with Crippen LogP contribution in [0.4, 0.5) is 4.79 Å². The molecule has 2 aromatic carbocycles. The molecule has 2 rings (SSSR count). The lowest BCUT2D eigenvalue weighted by Crippen LogP contribution is -2.55. The van der Waals surface area contributed by atoms with Crippen molar-refractivity contribution in [3.05, 3.63) is 59.7 Å². The molecule has 0 aromatic heterocycles. The molecule has 0 radical (unpaired) electrons. The van der Waals surface area contributed by atoms with E-state index in [9.17, 15) is 45.6 Å². The third kappa shape index (κ3) is 29.9. The minimum Gasteiger partial charge on any atom is -0.480 e. The van der Waals surface area contributed by atoms with Gasteiger partial charge in [-0.25, -0.2) is 26.4 Å². The molecular weight excluding hydrogens is 995 g/mol. The van der Waals surface area contributed by atoms with Crippen molar-refractivity contribution in [2.24, 2.45) is 17.1 Å². The van der Waals surface area contributed by atoms with Gasteiger partial charge in [0.1, 0.15) is 17.4 Å². The molecule has 0 aliphatic carbocycles. The zero-order chi connectivity index (χ0) is 60.0. The van der Waals surface area contributed by atoms with Gasteiger partial charge in [0.2, 0.25) is 5.91 Å². The molecule has 0 aliphatic rings. The summed E-state index contributed by atoms with van der Waals surface area (Å²) >= 11 is 0. The van der Waals surface area contributed by atoms with Crippen LogP contribution in [0.2, 0.25) is 0 Å². The number of benzene rings is 2. The molecule has 1 atom stereocenters. The Hall–Kier alpha value is -5.59. The van der Waals surface area contributed by atoms with Gasteiger partial charge in [-0.1, -0.05) is 53.7 Å². The number of aliphatic hydroxyl groups excluding tert-OH is 1. The fourth-order valence-corrected chi connectivity index (χ4v) is 9.10. The standard InChI is InChI=1S/C18H27NO5S.C17H26N2O4S.C11H21NO4.C4H10.C2H3N.CH4O/c1-17(2,3)19(18(4,5)6)16(21)13-9-8-10-14(11-13)25(22,23)12-15(20)24-7;1-16(2,3)19(17(4,5)6)15(21)12-8-7-9-13(10-12)24(22,23)11-14(18)20;1-10(2,3)7(8(13)14)12-9(15)16-11(4,5)6;1-4(2)3;1-2-3;1-2/h8-11H,12H2,1-7H3;7-10H,11H2,1-6H3,(H2,18,20);7H,1-6H3,(H,12,15)(H,13,14);4H,1-3H3;1H3;2H,1H3/t;;7-;;;/m..0.../s1. The minimum absolute atomic E-state index is 0.0773. The first kappa shape index (κ1) is 74.9. The molecule has 0 spiro atoms. The number of rotatable bonds is 10. The lowest BCUT2D eigenvalue weighted by Gasteiger charge is -2.45. The molecule has 0 saturated heterocycles. The van der Waals surface area contributed by atoms with Gasteiger partial charge in [-0.3, -0.25) is 19.2 Å². The molecule has 0 heterocycles. The summed E-state index contributed by atoms with van der Waals surface area (Å²) in [5, 5.41) is 25.7. The Kier molecular flexibility index (Phi) is 31.1. The number of nitrogens with two attached hydrogens (primary N) is 1. The van der Waals surface area contributed by atoms with E-state index in [0.29, 0.717) is 0 Å². The van der Waals surface area contributed by atoms with E-state index in [0.717, 1.165) is 20.1 Å². The number of hydrogen-bond donors (Lipinski definition) is 4. The van der Waals surface area contributed by atoms with E-state index in [1.807, 2.05) is 83.1 Å². The lowest BCUT2D eigenvalue weighted by atomic mass is 9.87. The Morgan fingerprint density at radius 2 is 0.946 bits per heavy atom. The second-order valence-corrected chi connectivity index (χ2v) is 27.3.